The molecule has 10 heteroatoms. The average Bonchev–Trinajstić information content (AvgIpc) is 3.58. The second-order valence-corrected chi connectivity index (χ2v) is 10.1. The lowest BCUT2D eigenvalue weighted by molar-refractivity contribution is -0.130. The number of carbonyl (C=O) groups excluding carboxylic acids is 1. The van der Waals surface area contributed by atoms with Gasteiger partial charge in [0, 0.05) is 28.3 Å². The third-order valence-corrected chi connectivity index (χ3v) is 7.21. The summed E-state index contributed by atoms with van der Waals surface area (Å²) in [6, 6.07) is 19.5. The lowest BCUT2D eigenvalue weighted by Gasteiger charge is -2.23. The van der Waals surface area contributed by atoms with E-state index in [2.05, 4.69) is 25.9 Å². The van der Waals surface area contributed by atoms with E-state index in [1.54, 1.807) is 28.6 Å². The molecule has 0 unspecified atom stereocenters. The van der Waals surface area contributed by atoms with Crippen molar-refractivity contribution in [3.8, 4) is 16.9 Å². The van der Waals surface area contributed by atoms with Crippen LogP contribution in [0.1, 0.15) is 24.3 Å². The lowest BCUT2D eigenvalue weighted by Crippen LogP contribution is -2.32. The van der Waals surface area contributed by atoms with E-state index in [1.165, 1.54) is 12.1 Å². The molecule has 192 valence electrons. The number of benzene rings is 3. The molecule has 8 nitrogen and oxygen atoms in total. The van der Waals surface area contributed by atoms with Gasteiger partial charge in [0.15, 0.2) is 6.23 Å². The molecule has 3 aromatic carbocycles. The highest BCUT2D eigenvalue weighted by Gasteiger charge is 2.40. The molecule has 1 aliphatic heterocycles. The van der Waals surface area contributed by atoms with Crippen molar-refractivity contribution in [1.82, 2.24) is 24.6 Å². The number of carbonyl (C=O) groups is 1. The van der Waals surface area contributed by atoms with E-state index in [0.717, 1.165) is 32.3 Å². The zero-order valence-electron chi connectivity index (χ0n) is 20.3. The maximum absolute atomic E-state index is 13.7. The number of ether oxygens (including phenoxy) is 1. The van der Waals surface area contributed by atoms with Crippen molar-refractivity contribution in [2.75, 3.05) is 6.54 Å². The van der Waals surface area contributed by atoms with E-state index >= 15 is 0 Å². The van der Waals surface area contributed by atoms with Crippen molar-refractivity contribution >= 4 is 32.9 Å². The molecule has 38 heavy (non-hydrogen) atoms. The number of hydrogen-bond donors (Lipinski definition) is 2. The smallest absolute Gasteiger partial charge is 0.323 e. The topological polar surface area (TPSA) is 96.0 Å². The summed E-state index contributed by atoms with van der Waals surface area (Å²) in [5, 5.41) is 4.82. The summed E-state index contributed by atoms with van der Waals surface area (Å²) in [6.07, 6.45) is 1.13. The molecule has 1 saturated heterocycles. The summed E-state index contributed by atoms with van der Waals surface area (Å²) in [5.41, 5.74) is 5.04. The summed E-state index contributed by atoms with van der Waals surface area (Å²) >= 11 is 3.46. The quantitative estimate of drug-likeness (QED) is 0.294. The minimum atomic E-state index is -0.669. The number of halogens is 2. The zero-order chi connectivity index (χ0) is 26.4. The van der Waals surface area contributed by atoms with Crippen LogP contribution in [0.5, 0.6) is 0 Å². The predicted molar refractivity (Wildman–Crippen MR) is 144 cm³/mol. The van der Waals surface area contributed by atoms with Gasteiger partial charge in [-0.25, -0.2) is 13.9 Å². The van der Waals surface area contributed by atoms with Gasteiger partial charge in [0.05, 0.1) is 16.7 Å². The molecule has 0 aliphatic carbocycles. The Labute approximate surface area is 225 Å². The Kier molecular flexibility index (Phi) is 6.21. The third-order valence-electron chi connectivity index (χ3n) is 6.69. The van der Waals surface area contributed by atoms with E-state index in [-0.39, 0.29) is 17.4 Å². The summed E-state index contributed by atoms with van der Waals surface area (Å²) < 4.78 is 22.6. The number of aromatic nitrogens is 4. The minimum absolute atomic E-state index is 0.118. The number of fused-ring (bicyclic) bond motifs is 1. The molecule has 5 aromatic rings. The number of aromatic amines is 2. The van der Waals surface area contributed by atoms with Gasteiger partial charge in [-0.3, -0.25) is 4.79 Å². The number of H-pyrrole nitrogens is 2. The molecular weight excluding hydrogens is 553 g/mol. The van der Waals surface area contributed by atoms with Crippen LogP contribution >= 0.6 is 15.9 Å². The molecule has 1 fully saturated rings. The number of imidazole rings is 1. The molecule has 0 radical (unpaired) electrons. The molecule has 0 bridgehead atoms. The first kappa shape index (κ1) is 24.3. The summed E-state index contributed by atoms with van der Waals surface area (Å²) in [7, 11) is 0. The highest BCUT2D eigenvalue weighted by Crippen LogP contribution is 2.37. The molecule has 1 amide bonds. The standard InChI is InChI=1S/C28H23BrFN5O3/c1-16-26(36)34(13-12-17-2-11-23-24(14-17)32-28(37)31-23)27(38-16)22-15-35(21-9-5-19(29)6-10-21)33-25(22)18-3-7-20(30)8-4-18/h2-11,14-16,27H,12-13H2,1H3,(H2,31,32,37)/t16-,27-/m0/s1. The van der Waals surface area contributed by atoms with E-state index in [1.807, 2.05) is 48.7 Å². The van der Waals surface area contributed by atoms with Crippen LogP contribution in [0, 0.1) is 5.82 Å². The van der Waals surface area contributed by atoms with E-state index in [9.17, 15) is 14.0 Å². The second kappa shape index (κ2) is 9.70. The van der Waals surface area contributed by atoms with Crippen molar-refractivity contribution in [1.29, 1.82) is 0 Å². The maximum atomic E-state index is 13.7. The fourth-order valence-electron chi connectivity index (χ4n) is 4.75. The number of rotatable bonds is 6. The Morgan fingerprint density at radius 1 is 1.00 bits per heavy atom. The zero-order valence-corrected chi connectivity index (χ0v) is 21.9. The van der Waals surface area contributed by atoms with Gasteiger partial charge in [-0.15, -0.1) is 0 Å². The van der Waals surface area contributed by atoms with Gasteiger partial charge >= 0.3 is 5.69 Å². The average molecular weight is 576 g/mol. The van der Waals surface area contributed by atoms with Crippen LogP contribution in [0.25, 0.3) is 28.0 Å². The molecule has 2 N–H and O–H groups in total. The Bertz CT molecular complexity index is 1690. The molecule has 2 aromatic heterocycles. The Morgan fingerprint density at radius 2 is 1.74 bits per heavy atom. The molecule has 0 saturated carbocycles. The number of hydrogen-bond acceptors (Lipinski definition) is 4. The van der Waals surface area contributed by atoms with Gasteiger partial charge in [-0.2, -0.15) is 5.10 Å². The molecule has 0 spiro atoms. The van der Waals surface area contributed by atoms with E-state index < -0.39 is 12.3 Å². The van der Waals surface area contributed by atoms with Crippen molar-refractivity contribution in [2.45, 2.75) is 25.7 Å². The van der Waals surface area contributed by atoms with Crippen molar-refractivity contribution in [2.24, 2.45) is 0 Å². The normalized spacial score (nSPS) is 17.6. The lowest BCUT2D eigenvalue weighted by atomic mass is 10.1. The Morgan fingerprint density at radius 3 is 2.50 bits per heavy atom. The molecule has 2 atom stereocenters. The summed E-state index contributed by atoms with van der Waals surface area (Å²) in [5.74, 6) is -0.460. The van der Waals surface area contributed by atoms with Gasteiger partial charge in [-0.1, -0.05) is 22.0 Å². The Balaban J connectivity index is 1.36. The minimum Gasteiger partial charge on any atom is -0.341 e. The van der Waals surface area contributed by atoms with Gasteiger partial charge in [-0.05, 0) is 79.6 Å². The molecular formula is C28H23BrFN5O3. The van der Waals surface area contributed by atoms with Crippen LogP contribution in [0.2, 0.25) is 0 Å². The SMILES string of the molecule is C[C@@H]1O[C@@H](c2cn(-c3ccc(Br)cc3)nc2-c2ccc(F)cc2)N(CCc2ccc3[nH]c(=O)[nH]c3c2)C1=O. The van der Waals surface area contributed by atoms with Gasteiger partial charge in [0.25, 0.3) is 5.91 Å². The first-order valence-electron chi connectivity index (χ1n) is 12.1. The number of nitrogens with zero attached hydrogens (tertiary/aromatic N) is 3. The van der Waals surface area contributed by atoms with E-state index in [4.69, 9.17) is 9.84 Å². The Hall–Kier alpha value is -4.02. The van der Waals surface area contributed by atoms with Crippen LogP contribution in [-0.2, 0) is 16.0 Å². The third kappa shape index (κ3) is 4.57. The molecule has 6 rings (SSSR count). The first-order chi connectivity index (χ1) is 18.4. The second-order valence-electron chi connectivity index (χ2n) is 9.23. The number of amides is 1. The highest BCUT2D eigenvalue weighted by atomic mass is 79.9. The van der Waals surface area contributed by atoms with Gasteiger partial charge in [0.1, 0.15) is 17.6 Å². The van der Waals surface area contributed by atoms with Crippen molar-refractivity contribution < 1.29 is 13.9 Å². The van der Waals surface area contributed by atoms with Crippen molar-refractivity contribution in [3.05, 3.63) is 105 Å². The fourth-order valence-corrected chi connectivity index (χ4v) is 5.02. The first-order valence-corrected chi connectivity index (χ1v) is 12.9. The largest absolute Gasteiger partial charge is 0.341 e. The van der Waals surface area contributed by atoms with Crippen LogP contribution in [0.4, 0.5) is 4.39 Å². The maximum Gasteiger partial charge on any atom is 0.323 e. The van der Waals surface area contributed by atoms with Crippen molar-refractivity contribution in [3.63, 3.8) is 0 Å². The van der Waals surface area contributed by atoms with E-state index in [0.29, 0.717) is 24.2 Å². The monoisotopic (exact) mass is 575 g/mol. The molecule has 3 heterocycles. The number of nitrogens with one attached hydrogen (secondary N) is 2. The summed E-state index contributed by atoms with van der Waals surface area (Å²) in [6.45, 7) is 2.14. The molecule has 1 aliphatic rings. The van der Waals surface area contributed by atoms with Crippen LogP contribution in [0.3, 0.4) is 0 Å². The predicted octanol–water partition coefficient (Wildman–Crippen LogP) is 5.10. The van der Waals surface area contributed by atoms with Crippen LogP contribution in [0.15, 0.2) is 82.2 Å². The fraction of sp³-hybridized carbons (Fsp3) is 0.179. The highest BCUT2D eigenvalue weighted by molar-refractivity contribution is 9.10. The van der Waals surface area contributed by atoms with Crippen LogP contribution < -0.4 is 5.69 Å². The summed E-state index contributed by atoms with van der Waals surface area (Å²) in [4.78, 5) is 32.0. The van der Waals surface area contributed by atoms with Gasteiger partial charge < -0.3 is 19.6 Å². The van der Waals surface area contributed by atoms with Crippen LogP contribution in [-0.4, -0.2) is 43.2 Å². The van der Waals surface area contributed by atoms with Gasteiger partial charge in [0.2, 0.25) is 0 Å².